The third kappa shape index (κ3) is 3.35. The van der Waals surface area contributed by atoms with Crippen LogP contribution in [0.4, 0.5) is 5.69 Å². The van der Waals surface area contributed by atoms with E-state index in [1.54, 1.807) is 28.9 Å². The fourth-order valence-electron chi connectivity index (χ4n) is 3.00. The zero-order valence-electron chi connectivity index (χ0n) is 15.0. The molecule has 4 aromatic rings. The van der Waals surface area contributed by atoms with Crippen molar-refractivity contribution in [1.82, 2.24) is 14.8 Å². The highest BCUT2D eigenvalue weighted by molar-refractivity contribution is 6.39. The molecule has 0 unspecified atom stereocenters. The first-order valence-electron chi connectivity index (χ1n) is 8.77. The number of halogens is 2. The number of hydrogen-bond donors (Lipinski definition) is 1. The van der Waals surface area contributed by atoms with Crippen LogP contribution in [-0.4, -0.2) is 20.7 Å². The summed E-state index contributed by atoms with van der Waals surface area (Å²) < 4.78 is 1.75. The predicted molar refractivity (Wildman–Crippen MR) is 113 cm³/mol. The Morgan fingerprint density at radius 3 is 2.46 bits per heavy atom. The minimum atomic E-state index is -0.337. The topological polar surface area (TPSA) is 59.8 Å². The minimum Gasteiger partial charge on any atom is -0.322 e. The Hall–Kier alpha value is -2.89. The van der Waals surface area contributed by atoms with Crippen molar-refractivity contribution in [1.29, 1.82) is 0 Å². The molecule has 0 fully saturated rings. The van der Waals surface area contributed by atoms with Gasteiger partial charge >= 0.3 is 0 Å². The molecule has 0 bridgehead atoms. The first-order valence-corrected chi connectivity index (χ1v) is 9.52. The average Bonchev–Trinajstić information content (AvgIpc) is 3.10. The summed E-state index contributed by atoms with van der Waals surface area (Å²) in [6.07, 6.45) is 2.15. The van der Waals surface area contributed by atoms with E-state index in [4.69, 9.17) is 23.2 Å². The van der Waals surface area contributed by atoms with Crippen LogP contribution in [0.5, 0.6) is 0 Å². The van der Waals surface area contributed by atoms with E-state index in [9.17, 15) is 4.79 Å². The quantitative estimate of drug-likeness (QED) is 0.480. The largest absolute Gasteiger partial charge is 0.322 e. The van der Waals surface area contributed by atoms with Crippen LogP contribution in [0, 0.1) is 0 Å². The van der Waals surface area contributed by atoms with Crippen molar-refractivity contribution in [2.45, 2.75) is 13.3 Å². The molecule has 5 nitrogen and oxygen atoms in total. The molecule has 1 N–H and O–H groups in total. The predicted octanol–water partition coefficient (Wildman–Crippen LogP) is 5.54. The van der Waals surface area contributed by atoms with Gasteiger partial charge < -0.3 is 5.32 Å². The van der Waals surface area contributed by atoms with Crippen molar-refractivity contribution in [3.63, 3.8) is 0 Å². The molecule has 7 heteroatoms. The number of amides is 1. The van der Waals surface area contributed by atoms with Crippen LogP contribution >= 0.6 is 23.2 Å². The Morgan fingerprint density at radius 2 is 1.79 bits per heavy atom. The molecule has 0 saturated carbocycles. The number of aryl methyl sites for hydroxylation is 1. The fourth-order valence-corrected chi connectivity index (χ4v) is 3.45. The normalized spacial score (nSPS) is 11.0. The Morgan fingerprint density at radius 1 is 1.07 bits per heavy atom. The second-order valence-corrected chi connectivity index (χ2v) is 7.01. The lowest BCUT2D eigenvalue weighted by Gasteiger charge is -2.08. The van der Waals surface area contributed by atoms with E-state index in [0.717, 1.165) is 11.4 Å². The van der Waals surface area contributed by atoms with Gasteiger partial charge in [-0.15, -0.1) is 0 Å². The number of carbonyl (C=O) groups is 1. The second-order valence-electron chi connectivity index (χ2n) is 6.19. The van der Waals surface area contributed by atoms with Crippen molar-refractivity contribution in [3.8, 4) is 5.69 Å². The SMILES string of the molecule is CCc1nn(-c2ccccc2)c2ncc(C(=O)Nc3ccc(Cl)cc3)c(Cl)c12. The van der Waals surface area contributed by atoms with Gasteiger partial charge in [-0.2, -0.15) is 5.10 Å². The number of aromatic nitrogens is 3. The lowest BCUT2D eigenvalue weighted by atomic mass is 10.1. The third-order valence-corrected chi connectivity index (χ3v) is 5.03. The van der Waals surface area contributed by atoms with Gasteiger partial charge in [0.15, 0.2) is 5.65 Å². The number of carbonyl (C=O) groups excluding carboxylic acids is 1. The first kappa shape index (κ1) is 18.5. The Labute approximate surface area is 171 Å². The molecule has 2 aromatic carbocycles. The molecule has 4 rings (SSSR count). The summed E-state index contributed by atoms with van der Waals surface area (Å²) in [6.45, 7) is 1.99. The van der Waals surface area contributed by atoms with E-state index in [2.05, 4.69) is 15.4 Å². The molecule has 2 aromatic heterocycles. The van der Waals surface area contributed by atoms with E-state index in [1.165, 1.54) is 6.20 Å². The summed E-state index contributed by atoms with van der Waals surface area (Å²) in [7, 11) is 0. The molecule has 0 saturated heterocycles. The smallest absolute Gasteiger partial charge is 0.258 e. The van der Waals surface area contributed by atoms with E-state index in [-0.39, 0.29) is 5.91 Å². The van der Waals surface area contributed by atoms with Gasteiger partial charge in [-0.05, 0) is 42.8 Å². The van der Waals surface area contributed by atoms with Crippen LogP contribution in [-0.2, 0) is 6.42 Å². The van der Waals surface area contributed by atoms with Crippen LogP contribution in [0.15, 0.2) is 60.8 Å². The number of pyridine rings is 1. The Bertz CT molecular complexity index is 1150. The average molecular weight is 411 g/mol. The van der Waals surface area contributed by atoms with Crippen molar-refractivity contribution in [2.75, 3.05) is 5.32 Å². The number of anilines is 1. The zero-order valence-corrected chi connectivity index (χ0v) is 16.5. The highest BCUT2D eigenvalue weighted by Gasteiger charge is 2.21. The number of nitrogens with zero attached hydrogens (tertiary/aromatic N) is 3. The van der Waals surface area contributed by atoms with Crippen molar-refractivity contribution >= 4 is 45.8 Å². The highest BCUT2D eigenvalue weighted by atomic mass is 35.5. The Kier molecular flexibility index (Phi) is 5.03. The Balaban J connectivity index is 1.78. The fraction of sp³-hybridized carbons (Fsp3) is 0.0952. The van der Waals surface area contributed by atoms with Gasteiger partial charge in [0.2, 0.25) is 0 Å². The monoisotopic (exact) mass is 410 g/mol. The van der Waals surface area contributed by atoms with E-state index in [1.807, 2.05) is 37.3 Å². The van der Waals surface area contributed by atoms with Gasteiger partial charge in [0.1, 0.15) is 0 Å². The van der Waals surface area contributed by atoms with E-state index < -0.39 is 0 Å². The van der Waals surface area contributed by atoms with Gasteiger partial charge in [-0.3, -0.25) is 4.79 Å². The number of nitrogens with one attached hydrogen (secondary N) is 1. The van der Waals surface area contributed by atoms with Crippen LogP contribution < -0.4 is 5.32 Å². The lowest BCUT2D eigenvalue weighted by Crippen LogP contribution is -2.13. The minimum absolute atomic E-state index is 0.298. The van der Waals surface area contributed by atoms with Crippen LogP contribution in [0.1, 0.15) is 23.0 Å². The number of para-hydroxylation sites is 1. The van der Waals surface area contributed by atoms with Crippen LogP contribution in [0.3, 0.4) is 0 Å². The van der Waals surface area contributed by atoms with Gasteiger partial charge in [0.05, 0.1) is 27.4 Å². The van der Waals surface area contributed by atoms with Gasteiger partial charge in [0, 0.05) is 16.9 Å². The number of rotatable bonds is 4. The summed E-state index contributed by atoms with van der Waals surface area (Å²) in [6, 6.07) is 16.6. The van der Waals surface area contributed by atoms with E-state index in [0.29, 0.717) is 38.8 Å². The first-order chi connectivity index (χ1) is 13.6. The van der Waals surface area contributed by atoms with Gasteiger partial charge in [-0.1, -0.05) is 48.3 Å². The lowest BCUT2D eigenvalue weighted by molar-refractivity contribution is 0.102. The molecule has 1 amide bonds. The maximum absolute atomic E-state index is 12.7. The summed E-state index contributed by atoms with van der Waals surface area (Å²) in [4.78, 5) is 17.2. The molecular weight excluding hydrogens is 395 g/mol. The van der Waals surface area contributed by atoms with E-state index >= 15 is 0 Å². The molecule has 0 aliphatic rings. The number of benzene rings is 2. The molecule has 0 radical (unpaired) electrons. The molecule has 2 heterocycles. The third-order valence-electron chi connectivity index (χ3n) is 4.39. The molecule has 0 aliphatic carbocycles. The molecule has 28 heavy (non-hydrogen) atoms. The van der Waals surface area contributed by atoms with Crippen molar-refractivity contribution in [3.05, 3.63) is 82.1 Å². The number of hydrogen-bond acceptors (Lipinski definition) is 3. The molecular formula is C21H16Cl2N4O. The summed E-state index contributed by atoms with van der Waals surface area (Å²) in [5, 5.41) is 9.11. The maximum atomic E-state index is 12.7. The van der Waals surface area contributed by atoms with Crippen LogP contribution in [0.2, 0.25) is 10.0 Å². The van der Waals surface area contributed by atoms with Crippen molar-refractivity contribution < 1.29 is 4.79 Å². The van der Waals surface area contributed by atoms with Crippen LogP contribution in [0.25, 0.3) is 16.7 Å². The molecule has 140 valence electrons. The number of fused-ring (bicyclic) bond motifs is 1. The maximum Gasteiger partial charge on any atom is 0.258 e. The van der Waals surface area contributed by atoms with Crippen molar-refractivity contribution in [2.24, 2.45) is 0 Å². The van der Waals surface area contributed by atoms with Gasteiger partial charge in [0.25, 0.3) is 5.91 Å². The summed E-state index contributed by atoms with van der Waals surface area (Å²) >= 11 is 12.5. The second kappa shape index (κ2) is 7.62. The molecule has 0 aliphatic heterocycles. The molecule has 0 atom stereocenters. The summed E-state index contributed by atoms with van der Waals surface area (Å²) in [5.41, 5.74) is 3.22. The highest BCUT2D eigenvalue weighted by Crippen LogP contribution is 2.31. The van der Waals surface area contributed by atoms with Gasteiger partial charge in [-0.25, -0.2) is 9.67 Å². The zero-order chi connectivity index (χ0) is 19.7. The standard InChI is InChI=1S/C21H16Cl2N4O/c1-2-17-18-19(23)16(21(28)25-14-10-8-13(22)9-11-14)12-24-20(18)27(26-17)15-6-4-3-5-7-15/h3-12H,2H2,1H3,(H,25,28). The molecule has 0 spiro atoms. The summed E-state index contributed by atoms with van der Waals surface area (Å²) in [5.74, 6) is -0.337.